The third-order valence-corrected chi connectivity index (χ3v) is 2.78. The fourth-order valence-corrected chi connectivity index (χ4v) is 1.87. The van der Waals surface area contributed by atoms with Gasteiger partial charge < -0.3 is 16.6 Å². The molecule has 0 radical (unpaired) electrons. The summed E-state index contributed by atoms with van der Waals surface area (Å²) >= 11 is 0. The van der Waals surface area contributed by atoms with E-state index in [1.165, 1.54) is 6.07 Å². The van der Waals surface area contributed by atoms with Crippen LogP contribution in [0.4, 0.5) is 11.8 Å². The van der Waals surface area contributed by atoms with Gasteiger partial charge in [0.2, 0.25) is 5.95 Å². The molecule has 0 fully saturated rings. The molecular weight excluding hydrogens is 254 g/mol. The van der Waals surface area contributed by atoms with Crippen LogP contribution in [-0.4, -0.2) is 15.1 Å². The Balaban J connectivity index is 2.65. The highest BCUT2D eigenvalue weighted by molar-refractivity contribution is 5.74. The molecule has 0 aliphatic rings. The Bertz CT molecular complexity index is 718. The van der Waals surface area contributed by atoms with Crippen LogP contribution in [0.1, 0.15) is 11.1 Å². The summed E-state index contributed by atoms with van der Waals surface area (Å²) in [6.07, 6.45) is 2.17. The largest absolute Gasteiger partial charge is 0.508 e. The Labute approximate surface area is 116 Å². The first kappa shape index (κ1) is 13.4. The van der Waals surface area contributed by atoms with Crippen LogP contribution in [0.2, 0.25) is 0 Å². The van der Waals surface area contributed by atoms with E-state index in [-0.39, 0.29) is 23.1 Å². The van der Waals surface area contributed by atoms with Gasteiger partial charge in [0, 0.05) is 5.56 Å². The Morgan fingerprint density at radius 1 is 1.35 bits per heavy atom. The van der Waals surface area contributed by atoms with Crippen LogP contribution in [-0.2, 0) is 6.42 Å². The number of phenolic OH excluding ortho intramolecular Hbond substituents is 1. The predicted molar refractivity (Wildman–Crippen MR) is 76.6 cm³/mol. The van der Waals surface area contributed by atoms with E-state index in [0.29, 0.717) is 23.2 Å². The number of phenols is 1. The molecule has 1 heterocycles. The molecule has 0 saturated heterocycles. The SMILES string of the molecule is C=CCc1cc(-c2nc(N)nc(N)c2C#N)ccc1O. The van der Waals surface area contributed by atoms with Gasteiger partial charge in [-0.25, -0.2) is 4.98 Å². The van der Waals surface area contributed by atoms with Gasteiger partial charge in [-0.05, 0) is 30.2 Å². The van der Waals surface area contributed by atoms with Gasteiger partial charge in [-0.3, -0.25) is 0 Å². The molecule has 0 aliphatic heterocycles. The minimum Gasteiger partial charge on any atom is -0.508 e. The van der Waals surface area contributed by atoms with Crippen LogP contribution in [0.5, 0.6) is 5.75 Å². The standard InChI is InChI=1S/C14H13N5O/c1-2-3-8-6-9(4-5-11(8)20)12-10(7-15)13(16)19-14(17)18-12/h2,4-6,20H,1,3H2,(H4,16,17,18,19). The molecule has 6 heteroatoms. The summed E-state index contributed by atoms with van der Waals surface area (Å²) in [5.41, 5.74) is 13.1. The second kappa shape index (κ2) is 5.28. The van der Waals surface area contributed by atoms with Crippen molar-refractivity contribution < 1.29 is 5.11 Å². The van der Waals surface area contributed by atoms with Crippen LogP contribution < -0.4 is 11.5 Å². The number of nitrogens with two attached hydrogens (primary N) is 2. The van der Waals surface area contributed by atoms with E-state index in [4.69, 9.17) is 16.7 Å². The van der Waals surface area contributed by atoms with Gasteiger partial charge in [0.15, 0.2) is 0 Å². The Kier molecular flexibility index (Phi) is 3.53. The van der Waals surface area contributed by atoms with Crippen molar-refractivity contribution in [1.29, 1.82) is 5.26 Å². The van der Waals surface area contributed by atoms with Crippen LogP contribution in [0, 0.1) is 11.3 Å². The summed E-state index contributed by atoms with van der Waals surface area (Å²) in [6, 6.07) is 6.86. The highest BCUT2D eigenvalue weighted by Gasteiger charge is 2.14. The fourth-order valence-electron chi connectivity index (χ4n) is 1.87. The van der Waals surface area contributed by atoms with Gasteiger partial charge in [0.1, 0.15) is 23.2 Å². The normalized spacial score (nSPS) is 9.95. The van der Waals surface area contributed by atoms with Gasteiger partial charge in [-0.1, -0.05) is 6.08 Å². The second-order valence-corrected chi connectivity index (χ2v) is 4.14. The molecule has 0 aliphatic carbocycles. The van der Waals surface area contributed by atoms with E-state index < -0.39 is 0 Å². The van der Waals surface area contributed by atoms with Crippen LogP contribution >= 0.6 is 0 Å². The average Bonchev–Trinajstić information content (AvgIpc) is 2.41. The number of hydrogen-bond acceptors (Lipinski definition) is 6. The summed E-state index contributed by atoms with van der Waals surface area (Å²) in [6.45, 7) is 3.63. The number of anilines is 2. The van der Waals surface area contributed by atoms with E-state index in [2.05, 4.69) is 16.5 Å². The van der Waals surface area contributed by atoms with Crippen LogP contribution in [0.3, 0.4) is 0 Å². The molecule has 5 N–H and O–H groups in total. The fraction of sp³-hybridized carbons (Fsp3) is 0.0714. The summed E-state index contributed by atoms with van der Waals surface area (Å²) in [5.74, 6) is 0.186. The van der Waals surface area contributed by atoms with Gasteiger partial charge in [0.25, 0.3) is 0 Å². The maximum Gasteiger partial charge on any atom is 0.222 e. The number of allylic oxidation sites excluding steroid dienone is 1. The van der Waals surface area contributed by atoms with Gasteiger partial charge in [-0.2, -0.15) is 10.2 Å². The zero-order valence-electron chi connectivity index (χ0n) is 10.7. The second-order valence-electron chi connectivity index (χ2n) is 4.14. The lowest BCUT2D eigenvalue weighted by Gasteiger charge is -2.09. The van der Waals surface area contributed by atoms with Crippen molar-refractivity contribution in [1.82, 2.24) is 9.97 Å². The number of benzene rings is 1. The highest BCUT2D eigenvalue weighted by atomic mass is 16.3. The van der Waals surface area contributed by atoms with Crippen molar-refractivity contribution in [3.63, 3.8) is 0 Å². The first-order chi connectivity index (χ1) is 9.56. The molecule has 0 bridgehead atoms. The number of hydrogen-bond donors (Lipinski definition) is 3. The predicted octanol–water partition coefficient (Wildman–Crippen LogP) is 1.61. The van der Waals surface area contributed by atoms with Crippen LogP contribution in [0.25, 0.3) is 11.3 Å². The average molecular weight is 267 g/mol. The maximum atomic E-state index is 9.75. The molecular formula is C14H13N5O. The number of nitrogens with zero attached hydrogens (tertiary/aromatic N) is 3. The van der Waals surface area contributed by atoms with Crippen molar-refractivity contribution in [2.24, 2.45) is 0 Å². The van der Waals surface area contributed by atoms with E-state index in [9.17, 15) is 5.11 Å². The Morgan fingerprint density at radius 3 is 2.75 bits per heavy atom. The molecule has 1 aromatic heterocycles. The van der Waals surface area contributed by atoms with E-state index >= 15 is 0 Å². The topological polar surface area (TPSA) is 122 Å². The monoisotopic (exact) mass is 267 g/mol. The molecule has 0 atom stereocenters. The third kappa shape index (κ3) is 2.37. The highest BCUT2D eigenvalue weighted by Crippen LogP contribution is 2.29. The third-order valence-electron chi connectivity index (χ3n) is 2.78. The van der Waals surface area contributed by atoms with Crippen molar-refractivity contribution in [2.45, 2.75) is 6.42 Å². The molecule has 0 saturated carbocycles. The van der Waals surface area contributed by atoms with Gasteiger partial charge in [-0.15, -0.1) is 6.58 Å². The minimum atomic E-state index is -0.00477. The van der Waals surface area contributed by atoms with Crippen molar-refractivity contribution >= 4 is 11.8 Å². The lowest BCUT2D eigenvalue weighted by atomic mass is 10.0. The Morgan fingerprint density at radius 2 is 2.10 bits per heavy atom. The molecule has 2 rings (SSSR count). The number of aromatic nitrogens is 2. The first-order valence-electron chi connectivity index (χ1n) is 5.83. The maximum absolute atomic E-state index is 9.75. The smallest absolute Gasteiger partial charge is 0.222 e. The number of rotatable bonds is 3. The lowest BCUT2D eigenvalue weighted by molar-refractivity contribution is 0.470. The van der Waals surface area contributed by atoms with Gasteiger partial charge >= 0.3 is 0 Å². The zero-order valence-corrected chi connectivity index (χ0v) is 10.7. The summed E-state index contributed by atoms with van der Waals surface area (Å²) in [7, 11) is 0. The van der Waals surface area contributed by atoms with Crippen LogP contribution in [0.15, 0.2) is 30.9 Å². The molecule has 0 amide bonds. The summed E-state index contributed by atoms with van der Waals surface area (Å²) in [5, 5.41) is 18.9. The minimum absolute atomic E-state index is 0.00477. The molecule has 2 aromatic rings. The molecule has 20 heavy (non-hydrogen) atoms. The van der Waals surface area contributed by atoms with Crippen molar-refractivity contribution in [2.75, 3.05) is 11.5 Å². The Hall–Kier alpha value is -3.07. The number of nitrogen functional groups attached to an aromatic ring is 2. The number of nitriles is 1. The zero-order chi connectivity index (χ0) is 14.7. The van der Waals surface area contributed by atoms with E-state index in [0.717, 1.165) is 0 Å². The van der Waals surface area contributed by atoms with Crippen molar-refractivity contribution in [3.05, 3.63) is 42.0 Å². The molecule has 100 valence electrons. The number of aromatic hydroxyl groups is 1. The summed E-state index contributed by atoms with van der Waals surface area (Å²) < 4.78 is 0. The lowest BCUT2D eigenvalue weighted by Crippen LogP contribution is -2.05. The summed E-state index contributed by atoms with van der Waals surface area (Å²) in [4.78, 5) is 7.83. The quantitative estimate of drug-likeness (QED) is 0.726. The molecule has 0 unspecified atom stereocenters. The van der Waals surface area contributed by atoms with Crippen molar-refractivity contribution in [3.8, 4) is 23.1 Å². The molecule has 0 spiro atoms. The first-order valence-corrected chi connectivity index (χ1v) is 5.83. The molecule has 1 aromatic carbocycles. The molecule has 6 nitrogen and oxygen atoms in total. The van der Waals surface area contributed by atoms with E-state index in [1.807, 2.05) is 6.07 Å². The van der Waals surface area contributed by atoms with E-state index in [1.54, 1.807) is 18.2 Å². The van der Waals surface area contributed by atoms with Gasteiger partial charge in [0.05, 0.1) is 5.69 Å².